The van der Waals surface area contributed by atoms with Gasteiger partial charge in [-0.25, -0.2) is 9.78 Å². The molecule has 3 aromatic rings. The van der Waals surface area contributed by atoms with Gasteiger partial charge in [0, 0.05) is 36.1 Å². The van der Waals surface area contributed by atoms with Crippen LogP contribution in [0.5, 0.6) is 5.75 Å². The van der Waals surface area contributed by atoms with Gasteiger partial charge in [-0.1, -0.05) is 30.3 Å². The fraction of sp³-hybridized carbons (Fsp3) is 0.250. The third-order valence-corrected chi connectivity index (χ3v) is 5.54. The van der Waals surface area contributed by atoms with Crippen LogP contribution in [-0.4, -0.2) is 34.1 Å². The van der Waals surface area contributed by atoms with Crippen LogP contribution in [0.15, 0.2) is 60.2 Å². The van der Waals surface area contributed by atoms with E-state index in [0.717, 1.165) is 29.1 Å². The Hall–Kier alpha value is -2.44. The van der Waals surface area contributed by atoms with Gasteiger partial charge in [0.05, 0.1) is 16.9 Å². The Morgan fingerprint density at radius 2 is 1.89 bits per heavy atom. The number of hydrogen-bond acceptors (Lipinski definition) is 5. The molecule has 7 heteroatoms. The highest BCUT2D eigenvalue weighted by molar-refractivity contribution is 7.10. The van der Waals surface area contributed by atoms with Gasteiger partial charge in [-0.3, -0.25) is 4.98 Å². The summed E-state index contributed by atoms with van der Waals surface area (Å²) in [6.45, 7) is 1.37. The van der Waals surface area contributed by atoms with Crippen LogP contribution < -0.4 is 4.74 Å². The van der Waals surface area contributed by atoms with E-state index in [0.29, 0.717) is 24.8 Å². The molecule has 0 N–H and O–H groups in total. The third kappa shape index (κ3) is 4.64. The van der Waals surface area contributed by atoms with Crippen molar-refractivity contribution < 1.29 is 9.53 Å². The van der Waals surface area contributed by atoms with Gasteiger partial charge in [-0.05, 0) is 25.0 Å². The molecule has 0 aliphatic carbocycles. The lowest BCUT2D eigenvalue weighted by atomic mass is 9.98. The summed E-state index contributed by atoms with van der Waals surface area (Å²) in [7, 11) is 0. The molecule has 4 rings (SSSR count). The first-order chi connectivity index (χ1) is 12.8. The van der Waals surface area contributed by atoms with Gasteiger partial charge in [-0.15, -0.1) is 23.7 Å². The zero-order valence-corrected chi connectivity index (χ0v) is 16.3. The van der Waals surface area contributed by atoms with E-state index in [4.69, 9.17) is 9.72 Å². The number of carbonyl (C=O) groups is 1. The lowest BCUT2D eigenvalue weighted by Gasteiger charge is -2.30. The first-order valence-corrected chi connectivity index (χ1v) is 9.55. The van der Waals surface area contributed by atoms with E-state index in [9.17, 15) is 4.79 Å². The van der Waals surface area contributed by atoms with Gasteiger partial charge in [0.2, 0.25) is 0 Å². The number of aromatic nitrogens is 2. The summed E-state index contributed by atoms with van der Waals surface area (Å²) in [5.74, 6) is 0.881. The molecule has 0 saturated carbocycles. The molecule has 1 aliphatic heterocycles. The van der Waals surface area contributed by atoms with Gasteiger partial charge in [0.25, 0.3) is 0 Å². The quantitative estimate of drug-likeness (QED) is 0.619. The van der Waals surface area contributed by atoms with E-state index in [1.54, 1.807) is 40.8 Å². The summed E-state index contributed by atoms with van der Waals surface area (Å²) in [4.78, 5) is 22.8. The van der Waals surface area contributed by atoms with E-state index >= 15 is 0 Å². The molecule has 0 radical (unpaired) electrons. The molecular weight excluding hydrogens is 382 g/mol. The second-order valence-corrected chi connectivity index (χ2v) is 7.14. The number of hydrogen-bond donors (Lipinski definition) is 0. The van der Waals surface area contributed by atoms with Gasteiger partial charge in [-0.2, -0.15) is 0 Å². The average molecular weight is 402 g/mol. The third-order valence-electron chi connectivity index (χ3n) is 4.53. The molecule has 1 aromatic carbocycles. The Morgan fingerprint density at radius 1 is 1.11 bits per heavy atom. The van der Waals surface area contributed by atoms with E-state index in [1.165, 1.54) is 0 Å². The minimum Gasteiger partial charge on any atom is -0.409 e. The lowest BCUT2D eigenvalue weighted by molar-refractivity contribution is 0.138. The van der Waals surface area contributed by atoms with Crippen molar-refractivity contribution in [3.63, 3.8) is 0 Å². The average Bonchev–Trinajstić information content (AvgIpc) is 3.20. The molecule has 27 heavy (non-hydrogen) atoms. The number of nitrogens with zero attached hydrogens (tertiary/aromatic N) is 3. The monoisotopic (exact) mass is 401 g/mol. The second kappa shape index (κ2) is 8.97. The SMILES string of the molecule is Cl.O=C(Oc1cccnc1)N1CCC(c2nc(-c3ccccc3)cs2)CC1. The van der Waals surface area contributed by atoms with Crippen LogP contribution in [0, 0.1) is 0 Å². The number of halogens is 1. The molecule has 1 aliphatic rings. The highest BCUT2D eigenvalue weighted by Crippen LogP contribution is 2.33. The van der Waals surface area contributed by atoms with Crippen molar-refractivity contribution in [1.82, 2.24) is 14.9 Å². The normalized spacial score (nSPS) is 14.4. The van der Waals surface area contributed by atoms with E-state index in [-0.39, 0.29) is 18.5 Å². The second-order valence-electron chi connectivity index (χ2n) is 6.26. The molecule has 140 valence electrons. The largest absolute Gasteiger partial charge is 0.415 e. The Balaban J connectivity index is 0.00000210. The summed E-state index contributed by atoms with van der Waals surface area (Å²) in [6.07, 6.45) is 4.71. The maximum absolute atomic E-state index is 12.3. The molecule has 1 amide bonds. The number of thiazole rings is 1. The lowest BCUT2D eigenvalue weighted by Crippen LogP contribution is -2.39. The maximum Gasteiger partial charge on any atom is 0.415 e. The predicted molar refractivity (Wildman–Crippen MR) is 109 cm³/mol. The van der Waals surface area contributed by atoms with Gasteiger partial charge >= 0.3 is 6.09 Å². The molecule has 0 unspecified atom stereocenters. The number of likely N-dealkylation sites (tertiary alicyclic amines) is 1. The minimum absolute atomic E-state index is 0. The first-order valence-electron chi connectivity index (χ1n) is 8.67. The zero-order chi connectivity index (χ0) is 17.8. The van der Waals surface area contributed by atoms with E-state index < -0.39 is 0 Å². The first kappa shape index (κ1) is 19.3. The van der Waals surface area contributed by atoms with Crippen LogP contribution in [-0.2, 0) is 0 Å². The van der Waals surface area contributed by atoms with Crippen LogP contribution in [0.4, 0.5) is 4.79 Å². The Bertz CT molecular complexity index is 865. The van der Waals surface area contributed by atoms with Gasteiger partial charge < -0.3 is 9.64 Å². The molecular formula is C20H20ClN3O2S. The number of rotatable bonds is 3. The fourth-order valence-corrected chi connectivity index (χ4v) is 4.10. The molecule has 1 saturated heterocycles. The summed E-state index contributed by atoms with van der Waals surface area (Å²) in [5, 5.41) is 3.28. The summed E-state index contributed by atoms with van der Waals surface area (Å²) in [5.41, 5.74) is 2.18. The van der Waals surface area contributed by atoms with Crippen LogP contribution >= 0.6 is 23.7 Å². The summed E-state index contributed by atoms with van der Waals surface area (Å²) >= 11 is 1.71. The van der Waals surface area contributed by atoms with Crippen molar-refractivity contribution in [1.29, 1.82) is 0 Å². The van der Waals surface area contributed by atoms with Crippen LogP contribution in [0.3, 0.4) is 0 Å². The number of amides is 1. The predicted octanol–water partition coefficient (Wildman–Crippen LogP) is 5.01. The zero-order valence-electron chi connectivity index (χ0n) is 14.7. The Morgan fingerprint density at radius 3 is 2.59 bits per heavy atom. The molecule has 0 spiro atoms. The summed E-state index contributed by atoms with van der Waals surface area (Å²) < 4.78 is 5.37. The number of pyridine rings is 1. The Labute approximate surface area is 168 Å². The van der Waals surface area contributed by atoms with E-state index in [1.807, 2.05) is 18.2 Å². The highest BCUT2D eigenvalue weighted by Gasteiger charge is 2.26. The fourth-order valence-electron chi connectivity index (χ4n) is 3.10. The van der Waals surface area contributed by atoms with Crippen molar-refractivity contribution in [2.45, 2.75) is 18.8 Å². The van der Waals surface area contributed by atoms with Crippen molar-refractivity contribution in [3.05, 3.63) is 65.2 Å². The number of benzene rings is 1. The molecule has 2 aromatic heterocycles. The standard InChI is InChI=1S/C20H19N3O2S.ClH/c24-20(25-17-7-4-10-21-13-17)23-11-8-16(9-12-23)19-22-18(14-26-19)15-5-2-1-3-6-15;/h1-7,10,13-14,16H,8-9,11-12H2;1H. The smallest absolute Gasteiger partial charge is 0.409 e. The molecule has 3 heterocycles. The highest BCUT2D eigenvalue weighted by atomic mass is 35.5. The number of piperidine rings is 1. The van der Waals surface area contributed by atoms with Gasteiger partial charge in [0.15, 0.2) is 5.75 Å². The minimum atomic E-state index is -0.305. The van der Waals surface area contributed by atoms with Crippen LogP contribution in [0.2, 0.25) is 0 Å². The molecule has 5 nitrogen and oxygen atoms in total. The number of carbonyl (C=O) groups excluding carboxylic acids is 1. The van der Waals surface area contributed by atoms with Crippen molar-refractivity contribution >= 4 is 29.8 Å². The van der Waals surface area contributed by atoms with Crippen molar-refractivity contribution in [2.75, 3.05) is 13.1 Å². The topological polar surface area (TPSA) is 55.3 Å². The molecule has 1 fully saturated rings. The van der Waals surface area contributed by atoms with Gasteiger partial charge in [0.1, 0.15) is 0 Å². The van der Waals surface area contributed by atoms with E-state index in [2.05, 4.69) is 22.5 Å². The molecule has 0 atom stereocenters. The van der Waals surface area contributed by atoms with Crippen LogP contribution in [0.25, 0.3) is 11.3 Å². The Kier molecular flexibility index (Phi) is 6.42. The summed E-state index contributed by atoms with van der Waals surface area (Å²) in [6, 6.07) is 13.7. The number of ether oxygens (including phenoxy) is 1. The van der Waals surface area contributed by atoms with Crippen LogP contribution in [0.1, 0.15) is 23.8 Å². The van der Waals surface area contributed by atoms with Crippen molar-refractivity contribution in [3.8, 4) is 17.0 Å². The maximum atomic E-state index is 12.3. The molecule has 0 bridgehead atoms. The van der Waals surface area contributed by atoms with Crippen molar-refractivity contribution in [2.24, 2.45) is 0 Å².